The molecule has 1 heterocycles. The predicted molar refractivity (Wildman–Crippen MR) is 114 cm³/mol. The largest absolute Gasteiger partial charge is 0.573 e. The first-order valence-electron chi connectivity index (χ1n) is 9.78. The van der Waals surface area contributed by atoms with Crippen molar-refractivity contribution in [2.45, 2.75) is 13.3 Å². The topological polar surface area (TPSA) is 96.0 Å². The number of ether oxygens (including phenoxy) is 4. The Labute approximate surface area is 196 Å². The van der Waals surface area contributed by atoms with Crippen molar-refractivity contribution < 1.29 is 46.1 Å². The van der Waals surface area contributed by atoms with Gasteiger partial charge in [0.25, 0.3) is 5.91 Å². The zero-order chi connectivity index (χ0) is 25.8. The number of carbonyl (C=O) groups is 2. The molecule has 1 N–H and O–H groups in total. The fraction of sp³-hybridized carbons (Fsp3) is 0.174. The molecule has 0 aliphatic heterocycles. The van der Waals surface area contributed by atoms with E-state index in [1.807, 2.05) is 0 Å². The summed E-state index contributed by atoms with van der Waals surface area (Å²) >= 11 is 0. The van der Waals surface area contributed by atoms with Crippen LogP contribution in [0.2, 0.25) is 0 Å². The van der Waals surface area contributed by atoms with Gasteiger partial charge in [0.05, 0.1) is 14.2 Å². The van der Waals surface area contributed by atoms with Gasteiger partial charge in [0.15, 0.2) is 11.5 Å². The van der Waals surface area contributed by atoms with Crippen molar-refractivity contribution in [3.05, 3.63) is 71.3 Å². The third-order valence-electron chi connectivity index (χ3n) is 4.43. The van der Waals surface area contributed by atoms with Crippen molar-refractivity contribution in [2.24, 2.45) is 0 Å². The van der Waals surface area contributed by atoms with E-state index < -0.39 is 35.4 Å². The molecule has 0 saturated carbocycles. The Morgan fingerprint density at radius 1 is 0.971 bits per heavy atom. The monoisotopic (exact) mass is 494 g/mol. The molecule has 0 saturated heterocycles. The van der Waals surface area contributed by atoms with Crippen LogP contribution in [0, 0.1) is 12.7 Å². The molecule has 0 aliphatic carbocycles. The van der Waals surface area contributed by atoms with Crippen molar-refractivity contribution in [3.63, 3.8) is 0 Å². The maximum atomic E-state index is 14.9. The summed E-state index contributed by atoms with van der Waals surface area (Å²) in [6.07, 6.45) is -3.67. The summed E-state index contributed by atoms with van der Waals surface area (Å²) < 4.78 is 71.6. The van der Waals surface area contributed by atoms with Gasteiger partial charge in [-0.2, -0.15) is 0 Å². The minimum absolute atomic E-state index is 0.0861. The highest BCUT2D eigenvalue weighted by atomic mass is 19.4. The summed E-state index contributed by atoms with van der Waals surface area (Å²) in [4.78, 5) is 28.4. The van der Waals surface area contributed by atoms with E-state index in [1.54, 1.807) is 6.92 Å². The molecular formula is C23H18F4N2O6. The molecule has 0 unspecified atom stereocenters. The van der Waals surface area contributed by atoms with Crippen molar-refractivity contribution in [1.82, 2.24) is 4.98 Å². The van der Waals surface area contributed by atoms with Crippen LogP contribution in [0.4, 0.5) is 23.2 Å². The van der Waals surface area contributed by atoms with Gasteiger partial charge in [0.1, 0.15) is 28.6 Å². The Morgan fingerprint density at radius 3 is 2.37 bits per heavy atom. The van der Waals surface area contributed by atoms with Gasteiger partial charge in [-0.1, -0.05) is 0 Å². The van der Waals surface area contributed by atoms with Crippen molar-refractivity contribution in [2.75, 3.05) is 19.5 Å². The van der Waals surface area contributed by atoms with E-state index in [0.717, 1.165) is 31.4 Å². The number of aromatic nitrogens is 1. The first-order chi connectivity index (χ1) is 16.5. The van der Waals surface area contributed by atoms with Crippen molar-refractivity contribution >= 4 is 17.6 Å². The summed E-state index contributed by atoms with van der Waals surface area (Å²) in [5, 5.41) is 2.44. The number of benzene rings is 2. The lowest BCUT2D eigenvalue weighted by molar-refractivity contribution is -0.274. The lowest BCUT2D eigenvalue weighted by Gasteiger charge is -2.16. The van der Waals surface area contributed by atoms with E-state index in [9.17, 15) is 27.2 Å². The van der Waals surface area contributed by atoms with E-state index >= 15 is 0 Å². The highest BCUT2D eigenvalue weighted by Crippen LogP contribution is 2.38. The number of aryl methyl sites for hydroxylation is 1. The number of amides is 1. The SMILES string of the molecule is COC(=O)c1cc(NC(=O)c2c(F)cc(C)cc2Oc2ccc(OC(F)(F)F)cc2OC)ccn1. The molecule has 3 rings (SSSR count). The molecule has 2 aromatic carbocycles. The second-order valence-corrected chi connectivity index (χ2v) is 6.96. The Bertz CT molecular complexity index is 1260. The smallest absolute Gasteiger partial charge is 0.493 e. The van der Waals surface area contributed by atoms with Crippen LogP contribution in [0.5, 0.6) is 23.0 Å². The fourth-order valence-electron chi connectivity index (χ4n) is 2.98. The average molecular weight is 494 g/mol. The Hall–Kier alpha value is -4.35. The molecule has 184 valence electrons. The molecule has 0 spiro atoms. The Morgan fingerprint density at radius 2 is 1.71 bits per heavy atom. The van der Waals surface area contributed by atoms with Gasteiger partial charge >= 0.3 is 12.3 Å². The van der Waals surface area contributed by atoms with Crippen LogP contribution in [0.1, 0.15) is 26.4 Å². The molecule has 8 nitrogen and oxygen atoms in total. The lowest BCUT2D eigenvalue weighted by atomic mass is 10.1. The Kier molecular flexibility index (Phi) is 7.43. The number of anilines is 1. The molecular weight excluding hydrogens is 476 g/mol. The summed E-state index contributed by atoms with van der Waals surface area (Å²) in [5.41, 5.74) is -0.0498. The number of hydrogen-bond acceptors (Lipinski definition) is 7. The van der Waals surface area contributed by atoms with Crippen molar-refractivity contribution in [1.29, 1.82) is 0 Å². The van der Waals surface area contributed by atoms with Crippen LogP contribution >= 0.6 is 0 Å². The van der Waals surface area contributed by atoms with E-state index in [2.05, 4.69) is 19.8 Å². The van der Waals surface area contributed by atoms with E-state index in [1.165, 1.54) is 31.5 Å². The average Bonchev–Trinajstić information content (AvgIpc) is 2.78. The zero-order valence-electron chi connectivity index (χ0n) is 18.5. The molecule has 12 heteroatoms. The molecule has 1 amide bonds. The molecule has 35 heavy (non-hydrogen) atoms. The maximum absolute atomic E-state index is 14.9. The third-order valence-corrected chi connectivity index (χ3v) is 4.43. The van der Waals surface area contributed by atoms with Crippen LogP contribution in [-0.4, -0.2) is 37.4 Å². The van der Waals surface area contributed by atoms with Crippen LogP contribution < -0.4 is 19.5 Å². The number of nitrogens with zero attached hydrogens (tertiary/aromatic N) is 1. The lowest BCUT2D eigenvalue weighted by Crippen LogP contribution is -2.17. The number of nitrogens with one attached hydrogen (secondary N) is 1. The normalized spacial score (nSPS) is 10.9. The highest BCUT2D eigenvalue weighted by Gasteiger charge is 2.31. The van der Waals surface area contributed by atoms with Gasteiger partial charge < -0.3 is 24.3 Å². The van der Waals surface area contributed by atoms with Gasteiger partial charge in [-0.05, 0) is 48.9 Å². The van der Waals surface area contributed by atoms with Crippen LogP contribution in [0.15, 0.2) is 48.7 Å². The second kappa shape index (κ2) is 10.3. The minimum atomic E-state index is -4.92. The number of rotatable bonds is 7. The van der Waals surface area contributed by atoms with Crippen LogP contribution in [-0.2, 0) is 4.74 Å². The van der Waals surface area contributed by atoms with Crippen molar-refractivity contribution in [3.8, 4) is 23.0 Å². The summed E-state index contributed by atoms with van der Waals surface area (Å²) in [6.45, 7) is 1.56. The van der Waals surface area contributed by atoms with Gasteiger partial charge in [-0.15, -0.1) is 13.2 Å². The number of methoxy groups -OCH3 is 2. The number of hydrogen-bond donors (Lipinski definition) is 1. The molecule has 3 aromatic rings. The standard InChI is InChI=1S/C23H18F4N2O6/c1-12-8-15(24)20(21(30)29-13-6-7-28-16(10-13)22(31)33-3)19(9-12)34-17-5-4-14(11-18(17)32-2)35-23(25,26)27/h4-11H,1-3H3,(H,28,29,30). The van der Waals surface area contributed by atoms with E-state index in [0.29, 0.717) is 5.56 Å². The first kappa shape index (κ1) is 25.3. The predicted octanol–water partition coefficient (Wildman–Crippen LogP) is 5.27. The Balaban J connectivity index is 1.94. The molecule has 0 radical (unpaired) electrons. The zero-order valence-corrected chi connectivity index (χ0v) is 18.5. The highest BCUT2D eigenvalue weighted by molar-refractivity contribution is 6.07. The van der Waals surface area contributed by atoms with Crippen LogP contribution in [0.25, 0.3) is 0 Å². The molecule has 1 aromatic heterocycles. The molecule has 0 aliphatic rings. The number of carbonyl (C=O) groups excluding carboxylic acids is 2. The van der Waals surface area contributed by atoms with Crippen LogP contribution in [0.3, 0.4) is 0 Å². The summed E-state index contributed by atoms with van der Waals surface area (Å²) in [6, 6.07) is 8.10. The van der Waals surface area contributed by atoms with Gasteiger partial charge in [0, 0.05) is 18.0 Å². The maximum Gasteiger partial charge on any atom is 0.573 e. The van der Waals surface area contributed by atoms with Gasteiger partial charge in [-0.25, -0.2) is 14.2 Å². The van der Waals surface area contributed by atoms with Gasteiger partial charge in [0.2, 0.25) is 0 Å². The quantitative estimate of drug-likeness (QED) is 0.353. The summed E-state index contributed by atoms with van der Waals surface area (Å²) in [5.74, 6) is -3.63. The number of pyridine rings is 1. The van der Waals surface area contributed by atoms with E-state index in [-0.39, 0.29) is 28.6 Å². The minimum Gasteiger partial charge on any atom is -0.493 e. The number of halogens is 4. The number of esters is 1. The molecule has 0 bridgehead atoms. The first-order valence-corrected chi connectivity index (χ1v) is 9.78. The number of alkyl halides is 3. The van der Waals surface area contributed by atoms with E-state index in [4.69, 9.17) is 9.47 Å². The molecule has 0 atom stereocenters. The fourth-order valence-corrected chi connectivity index (χ4v) is 2.98. The molecule has 0 fully saturated rings. The second-order valence-electron chi connectivity index (χ2n) is 6.96. The summed E-state index contributed by atoms with van der Waals surface area (Å²) in [7, 11) is 2.35. The third kappa shape index (κ3) is 6.37. The van der Waals surface area contributed by atoms with Gasteiger partial charge in [-0.3, -0.25) is 4.79 Å².